The first kappa shape index (κ1) is 15.8. The summed E-state index contributed by atoms with van der Waals surface area (Å²) in [6, 6.07) is 8.61. The second-order valence-corrected chi connectivity index (χ2v) is 7.57. The number of carbonyl (C=O) groups excluding carboxylic acids is 1. The van der Waals surface area contributed by atoms with E-state index in [1.165, 1.54) is 35.7 Å². The van der Waals surface area contributed by atoms with Gasteiger partial charge in [-0.1, -0.05) is 48.2 Å². The molecule has 22 heavy (non-hydrogen) atoms. The summed E-state index contributed by atoms with van der Waals surface area (Å²) < 4.78 is 0.872. The highest BCUT2D eigenvalue weighted by molar-refractivity contribution is 8.23. The van der Waals surface area contributed by atoms with Crippen LogP contribution >= 0.6 is 24.0 Å². The van der Waals surface area contributed by atoms with Crippen molar-refractivity contribution in [3.8, 4) is 0 Å². The van der Waals surface area contributed by atoms with Gasteiger partial charge in [0.1, 0.15) is 4.32 Å². The van der Waals surface area contributed by atoms with Crippen LogP contribution in [0.4, 0.5) is 0 Å². The summed E-state index contributed by atoms with van der Waals surface area (Å²) in [5.41, 5.74) is 2.66. The van der Waals surface area contributed by atoms with Gasteiger partial charge in [-0.15, -0.1) is 0 Å². The number of benzene rings is 1. The minimum atomic E-state index is 0.0910. The van der Waals surface area contributed by atoms with Crippen molar-refractivity contribution in [2.24, 2.45) is 0 Å². The van der Waals surface area contributed by atoms with Gasteiger partial charge in [-0.3, -0.25) is 4.79 Å². The van der Waals surface area contributed by atoms with Crippen LogP contribution in [0.15, 0.2) is 24.3 Å². The van der Waals surface area contributed by atoms with Crippen molar-refractivity contribution in [3.05, 3.63) is 35.4 Å². The molecular formula is C17H22N2OS2. The predicted octanol–water partition coefficient (Wildman–Crippen LogP) is 3.29. The van der Waals surface area contributed by atoms with Crippen LogP contribution in [0.25, 0.3) is 0 Å². The molecule has 0 radical (unpaired) electrons. The maximum Gasteiger partial charge on any atom is 0.230 e. The summed E-state index contributed by atoms with van der Waals surface area (Å²) >= 11 is 6.91. The lowest BCUT2D eigenvalue weighted by Gasteiger charge is -2.26. The minimum Gasteiger partial charge on any atom is -0.358 e. The number of fused-ring (bicyclic) bond motifs is 1. The Morgan fingerprint density at radius 1 is 1.27 bits per heavy atom. The molecule has 1 aliphatic carbocycles. The predicted molar refractivity (Wildman–Crippen MR) is 96.1 cm³/mol. The fraction of sp³-hybridized carbons (Fsp3) is 0.529. The zero-order chi connectivity index (χ0) is 15.4. The molecule has 1 fully saturated rings. The molecule has 1 heterocycles. The van der Waals surface area contributed by atoms with Crippen molar-refractivity contribution in [2.75, 3.05) is 18.8 Å². The molecule has 0 saturated carbocycles. The number of carbonyl (C=O) groups is 1. The number of nitrogens with one attached hydrogen (secondary N) is 1. The summed E-state index contributed by atoms with van der Waals surface area (Å²) in [7, 11) is 0. The molecule has 1 amide bonds. The summed E-state index contributed by atoms with van der Waals surface area (Å²) in [6.45, 7) is 2.09. The van der Waals surface area contributed by atoms with E-state index in [0.717, 1.165) is 36.7 Å². The Bertz CT molecular complexity index is 555. The molecular weight excluding hydrogens is 312 g/mol. The highest BCUT2D eigenvalue weighted by atomic mass is 32.2. The Morgan fingerprint density at radius 3 is 2.86 bits per heavy atom. The van der Waals surface area contributed by atoms with Crippen LogP contribution in [-0.4, -0.2) is 34.0 Å². The Morgan fingerprint density at radius 2 is 2.05 bits per heavy atom. The highest BCUT2D eigenvalue weighted by Gasteiger charge is 2.22. The molecule has 1 saturated heterocycles. The summed E-state index contributed by atoms with van der Waals surface area (Å²) in [4.78, 5) is 14.4. The maximum atomic E-state index is 12.2. The van der Waals surface area contributed by atoms with Crippen LogP contribution < -0.4 is 5.32 Å². The van der Waals surface area contributed by atoms with Gasteiger partial charge < -0.3 is 10.2 Å². The van der Waals surface area contributed by atoms with Crippen LogP contribution in [0.5, 0.6) is 0 Å². The second-order valence-electron chi connectivity index (χ2n) is 5.96. The van der Waals surface area contributed by atoms with Crippen molar-refractivity contribution >= 4 is 34.2 Å². The molecule has 1 atom stereocenters. The van der Waals surface area contributed by atoms with Gasteiger partial charge in [-0.05, 0) is 43.2 Å². The number of thiocarbonyl (C=S) groups is 1. The van der Waals surface area contributed by atoms with Crippen LogP contribution in [0, 0.1) is 0 Å². The molecule has 1 N–H and O–H groups in total. The van der Waals surface area contributed by atoms with E-state index in [1.54, 1.807) is 0 Å². The van der Waals surface area contributed by atoms with Gasteiger partial charge >= 0.3 is 0 Å². The Kier molecular flexibility index (Phi) is 5.37. The Labute approximate surface area is 141 Å². The number of amides is 1. The first-order chi connectivity index (χ1) is 10.7. The second kappa shape index (κ2) is 7.47. The molecule has 3 nitrogen and oxygen atoms in total. The molecule has 5 heteroatoms. The standard InChI is InChI=1S/C17H22N2OS2/c20-16(12-22-17(21)19-10-3-4-11-19)18-15-9-5-7-13-6-1-2-8-14(13)15/h1-2,6,8,15H,3-5,7,9-12H2,(H,18,20)/t15-/m0/s1. The number of nitrogens with zero attached hydrogens (tertiary/aromatic N) is 1. The number of thioether (sulfide) groups is 1. The van der Waals surface area contributed by atoms with Crippen LogP contribution in [0.2, 0.25) is 0 Å². The normalized spacial score (nSPS) is 20.5. The first-order valence-corrected chi connectivity index (χ1v) is 9.42. The Hall–Kier alpha value is -1.07. The molecule has 0 bridgehead atoms. The van der Waals surface area contributed by atoms with Crippen LogP contribution in [-0.2, 0) is 11.2 Å². The molecule has 0 spiro atoms. The van der Waals surface area contributed by atoms with E-state index in [0.29, 0.717) is 5.75 Å². The monoisotopic (exact) mass is 334 g/mol. The quantitative estimate of drug-likeness (QED) is 0.860. The van der Waals surface area contributed by atoms with E-state index < -0.39 is 0 Å². The third kappa shape index (κ3) is 3.82. The van der Waals surface area contributed by atoms with Gasteiger partial charge in [0, 0.05) is 13.1 Å². The lowest BCUT2D eigenvalue weighted by molar-refractivity contribution is -0.119. The first-order valence-electron chi connectivity index (χ1n) is 8.03. The van der Waals surface area contributed by atoms with E-state index in [2.05, 4.69) is 34.5 Å². The largest absolute Gasteiger partial charge is 0.358 e. The molecule has 0 unspecified atom stereocenters. The third-order valence-electron chi connectivity index (χ3n) is 4.40. The molecule has 0 aromatic heterocycles. The summed E-state index contributed by atoms with van der Waals surface area (Å²) in [5, 5.41) is 3.18. The molecule has 2 aliphatic rings. The van der Waals surface area contributed by atoms with Gasteiger partial charge in [0.15, 0.2) is 0 Å². The number of hydrogen-bond donors (Lipinski definition) is 1. The number of hydrogen-bond acceptors (Lipinski definition) is 3. The summed E-state index contributed by atoms with van der Waals surface area (Å²) in [6.07, 6.45) is 5.72. The number of rotatable bonds is 3. The molecule has 1 aromatic rings. The molecule has 1 aromatic carbocycles. The average Bonchev–Trinajstić information content (AvgIpc) is 3.07. The van der Waals surface area contributed by atoms with E-state index in [9.17, 15) is 4.79 Å². The highest BCUT2D eigenvalue weighted by Crippen LogP contribution is 2.29. The van der Waals surface area contributed by atoms with Crippen LogP contribution in [0.1, 0.15) is 42.9 Å². The van der Waals surface area contributed by atoms with Gasteiger partial charge in [-0.25, -0.2) is 0 Å². The van der Waals surface area contributed by atoms with Gasteiger partial charge in [0.2, 0.25) is 5.91 Å². The fourth-order valence-corrected chi connectivity index (χ4v) is 4.32. The van der Waals surface area contributed by atoms with Gasteiger partial charge in [0.05, 0.1) is 11.8 Å². The zero-order valence-corrected chi connectivity index (χ0v) is 14.3. The van der Waals surface area contributed by atoms with Crippen LogP contribution in [0.3, 0.4) is 0 Å². The molecule has 3 rings (SSSR count). The SMILES string of the molecule is O=C(CSC(=S)N1CCCC1)N[C@H]1CCCc2ccccc21. The van der Waals surface area contributed by atoms with Gasteiger partial charge in [0.25, 0.3) is 0 Å². The minimum absolute atomic E-state index is 0.0910. The van der Waals surface area contributed by atoms with Crippen molar-refractivity contribution < 1.29 is 4.79 Å². The van der Waals surface area contributed by atoms with E-state index in [4.69, 9.17) is 12.2 Å². The number of aryl methyl sites for hydroxylation is 1. The topological polar surface area (TPSA) is 32.3 Å². The van der Waals surface area contributed by atoms with E-state index in [-0.39, 0.29) is 11.9 Å². The number of likely N-dealkylation sites (tertiary alicyclic amines) is 1. The lowest BCUT2D eigenvalue weighted by Crippen LogP contribution is -2.33. The van der Waals surface area contributed by atoms with Crippen molar-refractivity contribution in [2.45, 2.75) is 38.1 Å². The van der Waals surface area contributed by atoms with Crippen molar-refractivity contribution in [1.82, 2.24) is 10.2 Å². The average molecular weight is 335 g/mol. The van der Waals surface area contributed by atoms with Crippen molar-refractivity contribution in [3.63, 3.8) is 0 Å². The lowest BCUT2D eigenvalue weighted by atomic mass is 9.88. The van der Waals surface area contributed by atoms with E-state index >= 15 is 0 Å². The molecule has 118 valence electrons. The maximum absolute atomic E-state index is 12.2. The smallest absolute Gasteiger partial charge is 0.230 e. The summed E-state index contributed by atoms with van der Waals surface area (Å²) in [5.74, 6) is 0.516. The fourth-order valence-electron chi connectivity index (χ4n) is 3.26. The van der Waals surface area contributed by atoms with Gasteiger partial charge in [-0.2, -0.15) is 0 Å². The molecule has 1 aliphatic heterocycles. The third-order valence-corrected chi connectivity index (χ3v) is 5.92. The zero-order valence-electron chi connectivity index (χ0n) is 12.7. The Balaban J connectivity index is 1.51. The van der Waals surface area contributed by atoms with Crippen molar-refractivity contribution in [1.29, 1.82) is 0 Å². The van der Waals surface area contributed by atoms with E-state index in [1.807, 2.05) is 0 Å².